The molecule has 4 nitrogen and oxygen atoms in total. The SMILES string of the molecule is CNC1CCC(N(C)c2ccc(C(N)=O)c(Cl)c2)CC1. The van der Waals surface area contributed by atoms with Crippen LogP contribution >= 0.6 is 11.6 Å². The van der Waals surface area contributed by atoms with Crippen LogP contribution in [0.2, 0.25) is 5.02 Å². The van der Waals surface area contributed by atoms with E-state index < -0.39 is 5.91 Å². The van der Waals surface area contributed by atoms with E-state index in [-0.39, 0.29) is 0 Å². The van der Waals surface area contributed by atoms with Crippen molar-refractivity contribution in [1.82, 2.24) is 5.32 Å². The fraction of sp³-hybridized carbons (Fsp3) is 0.533. The zero-order chi connectivity index (χ0) is 14.7. The van der Waals surface area contributed by atoms with Crippen molar-refractivity contribution in [3.05, 3.63) is 28.8 Å². The van der Waals surface area contributed by atoms with Crippen LogP contribution in [0.3, 0.4) is 0 Å². The smallest absolute Gasteiger partial charge is 0.250 e. The summed E-state index contributed by atoms with van der Waals surface area (Å²) in [7, 11) is 4.11. The van der Waals surface area contributed by atoms with Gasteiger partial charge >= 0.3 is 0 Å². The van der Waals surface area contributed by atoms with Crippen molar-refractivity contribution in [2.45, 2.75) is 37.8 Å². The quantitative estimate of drug-likeness (QED) is 0.897. The van der Waals surface area contributed by atoms with E-state index in [4.69, 9.17) is 17.3 Å². The Kier molecular flexibility index (Phi) is 4.89. The molecule has 0 radical (unpaired) electrons. The number of anilines is 1. The third-order valence-electron chi connectivity index (χ3n) is 4.28. The van der Waals surface area contributed by atoms with E-state index in [1.807, 2.05) is 19.2 Å². The average Bonchev–Trinajstić information content (AvgIpc) is 2.46. The highest BCUT2D eigenvalue weighted by atomic mass is 35.5. The molecule has 110 valence electrons. The zero-order valence-corrected chi connectivity index (χ0v) is 12.8. The number of primary amides is 1. The van der Waals surface area contributed by atoms with Crippen molar-refractivity contribution in [3.63, 3.8) is 0 Å². The highest BCUT2D eigenvalue weighted by Gasteiger charge is 2.23. The van der Waals surface area contributed by atoms with Crippen LogP contribution in [0.1, 0.15) is 36.0 Å². The van der Waals surface area contributed by atoms with Gasteiger partial charge in [0.1, 0.15) is 0 Å². The van der Waals surface area contributed by atoms with Crippen LogP contribution in [0.4, 0.5) is 5.69 Å². The molecule has 1 aromatic rings. The zero-order valence-electron chi connectivity index (χ0n) is 12.0. The van der Waals surface area contributed by atoms with Gasteiger partial charge in [-0.1, -0.05) is 11.6 Å². The predicted molar refractivity (Wildman–Crippen MR) is 83.5 cm³/mol. The first-order valence-corrected chi connectivity index (χ1v) is 7.40. The minimum Gasteiger partial charge on any atom is -0.372 e. The maximum absolute atomic E-state index is 11.2. The molecule has 1 aromatic carbocycles. The maximum Gasteiger partial charge on any atom is 0.250 e. The molecule has 0 heterocycles. The Morgan fingerprint density at radius 1 is 1.35 bits per heavy atom. The largest absolute Gasteiger partial charge is 0.372 e. The molecule has 1 amide bonds. The third kappa shape index (κ3) is 3.25. The first-order chi connectivity index (χ1) is 9.52. The molecule has 5 heteroatoms. The molecule has 20 heavy (non-hydrogen) atoms. The van der Waals surface area contributed by atoms with Gasteiger partial charge in [0.15, 0.2) is 0 Å². The number of halogens is 1. The van der Waals surface area contributed by atoms with Crippen LogP contribution < -0.4 is 16.0 Å². The summed E-state index contributed by atoms with van der Waals surface area (Å²) in [5.74, 6) is -0.487. The van der Waals surface area contributed by atoms with E-state index in [9.17, 15) is 4.79 Å². The van der Waals surface area contributed by atoms with Gasteiger partial charge in [0.05, 0.1) is 10.6 Å². The standard InChI is InChI=1S/C15H22ClN3O/c1-18-10-3-5-11(6-4-10)19(2)12-7-8-13(15(17)20)14(16)9-12/h7-11,18H,3-6H2,1-2H3,(H2,17,20). The summed E-state index contributed by atoms with van der Waals surface area (Å²) in [6.07, 6.45) is 4.71. The van der Waals surface area contributed by atoms with Gasteiger partial charge in [-0.2, -0.15) is 0 Å². The number of nitrogens with one attached hydrogen (secondary N) is 1. The molecule has 3 N–H and O–H groups in total. The number of hydrogen-bond acceptors (Lipinski definition) is 3. The summed E-state index contributed by atoms with van der Waals surface area (Å²) in [5, 5.41) is 3.76. The Hall–Kier alpha value is -1.26. The second-order valence-corrected chi connectivity index (χ2v) is 5.84. The lowest BCUT2D eigenvalue weighted by molar-refractivity contribution is 0.100. The van der Waals surface area contributed by atoms with Crippen molar-refractivity contribution < 1.29 is 4.79 Å². The van der Waals surface area contributed by atoms with Crippen molar-refractivity contribution in [1.29, 1.82) is 0 Å². The summed E-state index contributed by atoms with van der Waals surface area (Å²) in [6, 6.07) is 6.60. The van der Waals surface area contributed by atoms with Gasteiger partial charge in [-0.05, 0) is 50.9 Å². The molecule has 2 rings (SSSR count). The van der Waals surface area contributed by atoms with Gasteiger partial charge in [0.25, 0.3) is 0 Å². The number of amides is 1. The fourth-order valence-corrected chi connectivity index (χ4v) is 3.15. The Morgan fingerprint density at radius 2 is 2.00 bits per heavy atom. The highest BCUT2D eigenvalue weighted by Crippen LogP contribution is 2.29. The van der Waals surface area contributed by atoms with E-state index in [1.165, 1.54) is 12.8 Å². The van der Waals surface area contributed by atoms with E-state index in [2.05, 4.69) is 17.3 Å². The number of benzene rings is 1. The molecule has 0 aliphatic heterocycles. The Morgan fingerprint density at radius 3 is 2.50 bits per heavy atom. The van der Waals surface area contributed by atoms with Gasteiger partial charge in [0, 0.05) is 24.8 Å². The lowest BCUT2D eigenvalue weighted by atomic mass is 9.90. The Balaban J connectivity index is 2.08. The van der Waals surface area contributed by atoms with Crippen LogP contribution in [0.15, 0.2) is 18.2 Å². The van der Waals surface area contributed by atoms with Crippen molar-refractivity contribution in [2.24, 2.45) is 5.73 Å². The van der Waals surface area contributed by atoms with Crippen LogP contribution in [0.25, 0.3) is 0 Å². The summed E-state index contributed by atoms with van der Waals surface area (Å²) >= 11 is 6.12. The van der Waals surface area contributed by atoms with Gasteiger partial charge in [-0.3, -0.25) is 4.79 Å². The maximum atomic E-state index is 11.2. The second kappa shape index (κ2) is 6.46. The highest BCUT2D eigenvalue weighted by molar-refractivity contribution is 6.34. The van der Waals surface area contributed by atoms with Crippen molar-refractivity contribution in [3.8, 4) is 0 Å². The number of nitrogens with two attached hydrogens (primary N) is 1. The lowest BCUT2D eigenvalue weighted by Crippen LogP contribution is -2.39. The predicted octanol–water partition coefficient (Wildman–Crippen LogP) is 2.41. The number of nitrogens with zero attached hydrogens (tertiary/aromatic N) is 1. The van der Waals surface area contributed by atoms with Gasteiger partial charge < -0.3 is 16.0 Å². The molecule has 0 atom stereocenters. The first kappa shape index (κ1) is 15.1. The molecule has 0 spiro atoms. The molecule has 1 aliphatic carbocycles. The van der Waals surface area contributed by atoms with Gasteiger partial charge in [-0.15, -0.1) is 0 Å². The minimum atomic E-state index is -0.487. The molecule has 1 saturated carbocycles. The average molecular weight is 296 g/mol. The van der Waals surface area contributed by atoms with Crippen molar-refractivity contribution in [2.75, 3.05) is 19.0 Å². The summed E-state index contributed by atoms with van der Waals surface area (Å²) in [6.45, 7) is 0. The van der Waals surface area contributed by atoms with E-state index >= 15 is 0 Å². The molecule has 0 saturated heterocycles. The van der Waals surface area contributed by atoms with Gasteiger partial charge in [-0.25, -0.2) is 0 Å². The Bertz CT molecular complexity index is 484. The number of rotatable bonds is 4. The van der Waals surface area contributed by atoms with Crippen LogP contribution in [-0.2, 0) is 0 Å². The summed E-state index contributed by atoms with van der Waals surface area (Å²) < 4.78 is 0. The molecule has 0 bridgehead atoms. The van der Waals surface area contributed by atoms with Crippen LogP contribution in [0.5, 0.6) is 0 Å². The topological polar surface area (TPSA) is 58.4 Å². The van der Waals surface area contributed by atoms with E-state index in [0.717, 1.165) is 18.5 Å². The van der Waals surface area contributed by atoms with Crippen molar-refractivity contribution >= 4 is 23.2 Å². The third-order valence-corrected chi connectivity index (χ3v) is 4.59. The molecule has 0 unspecified atom stereocenters. The van der Waals surface area contributed by atoms with E-state index in [0.29, 0.717) is 22.7 Å². The van der Waals surface area contributed by atoms with Gasteiger partial charge in [0.2, 0.25) is 5.91 Å². The summed E-state index contributed by atoms with van der Waals surface area (Å²) in [5.41, 5.74) is 6.68. The van der Waals surface area contributed by atoms with E-state index in [1.54, 1.807) is 6.07 Å². The fourth-order valence-electron chi connectivity index (χ4n) is 2.89. The molecular weight excluding hydrogens is 274 g/mol. The van der Waals surface area contributed by atoms with Crippen LogP contribution in [-0.4, -0.2) is 32.1 Å². The molecular formula is C15H22ClN3O. The lowest BCUT2D eigenvalue weighted by Gasteiger charge is -2.36. The summed E-state index contributed by atoms with van der Waals surface area (Å²) in [4.78, 5) is 13.4. The minimum absolute atomic E-state index is 0.378. The molecule has 1 fully saturated rings. The molecule has 1 aliphatic rings. The number of carbonyl (C=O) groups excluding carboxylic acids is 1. The number of hydrogen-bond donors (Lipinski definition) is 2. The molecule has 0 aromatic heterocycles. The second-order valence-electron chi connectivity index (χ2n) is 5.43. The monoisotopic (exact) mass is 295 g/mol. The normalized spacial score (nSPS) is 22.6. The van der Waals surface area contributed by atoms with Crippen LogP contribution in [0, 0.1) is 0 Å². The Labute approximate surface area is 125 Å². The first-order valence-electron chi connectivity index (χ1n) is 7.02. The number of carbonyl (C=O) groups is 1.